The highest BCUT2D eigenvalue weighted by atomic mass is 15.5. The number of hydrogen-bond donors (Lipinski definition) is 2. The van der Waals surface area contributed by atoms with E-state index in [1.54, 1.807) is 0 Å². The molecule has 2 saturated carbocycles. The molecule has 0 unspecified atom stereocenters. The fourth-order valence-corrected chi connectivity index (χ4v) is 3.42. The summed E-state index contributed by atoms with van der Waals surface area (Å²) in [5.41, 5.74) is 4.71. The molecule has 1 aromatic rings. The van der Waals surface area contributed by atoms with Crippen molar-refractivity contribution in [2.24, 2.45) is 21.8 Å². The first-order chi connectivity index (χ1) is 8.04. The number of fused-ring (bicyclic) bond motifs is 2. The number of nitrogens with one attached hydrogen (secondary N) is 2. The van der Waals surface area contributed by atoms with E-state index in [1.807, 2.05) is 0 Å². The normalized spacial score (nSPS) is 36.6. The van der Waals surface area contributed by atoms with Crippen LogP contribution in [0.4, 0.5) is 5.95 Å². The predicted molar refractivity (Wildman–Crippen MR) is 64.5 cm³/mol. The number of H-pyrrole nitrogens is 1. The molecule has 2 fully saturated rings. The van der Waals surface area contributed by atoms with Crippen LogP contribution in [0.15, 0.2) is 5.10 Å². The summed E-state index contributed by atoms with van der Waals surface area (Å²) in [5, 5.41) is 18.1. The Morgan fingerprint density at radius 1 is 1.41 bits per heavy atom. The van der Waals surface area contributed by atoms with Crippen LogP contribution in [-0.4, -0.2) is 26.3 Å². The summed E-state index contributed by atoms with van der Waals surface area (Å²) < 4.78 is 0. The number of hydrazone groups is 1. The molecule has 6 heteroatoms. The van der Waals surface area contributed by atoms with Gasteiger partial charge in [0.25, 0.3) is 5.95 Å². The Labute approximate surface area is 100 Å². The largest absolute Gasteiger partial charge is 0.283 e. The Hall–Kier alpha value is -1.46. The van der Waals surface area contributed by atoms with Crippen LogP contribution in [0.3, 0.4) is 0 Å². The molecule has 6 nitrogen and oxygen atoms in total. The third-order valence-electron chi connectivity index (χ3n) is 5.15. The van der Waals surface area contributed by atoms with Crippen LogP contribution in [0.25, 0.3) is 0 Å². The summed E-state index contributed by atoms with van der Waals surface area (Å²) >= 11 is 0. The van der Waals surface area contributed by atoms with Gasteiger partial charge >= 0.3 is 0 Å². The van der Waals surface area contributed by atoms with Gasteiger partial charge in [-0.3, -0.25) is 0 Å². The second-order valence-electron chi connectivity index (χ2n) is 5.90. The summed E-state index contributed by atoms with van der Waals surface area (Å²) in [7, 11) is 0. The average molecular weight is 234 g/mol. The molecule has 2 atom stereocenters. The van der Waals surface area contributed by atoms with Crippen LogP contribution in [0.2, 0.25) is 0 Å². The Balaban J connectivity index is 1.84. The SMILES string of the molecule is CC1(C)[C@@H]2CC[C@]1(C)/C(=N/Nc1nn[nH]n1)C2. The van der Waals surface area contributed by atoms with E-state index >= 15 is 0 Å². The van der Waals surface area contributed by atoms with Crippen molar-refractivity contribution in [3.63, 3.8) is 0 Å². The van der Waals surface area contributed by atoms with Gasteiger partial charge in [-0.1, -0.05) is 25.9 Å². The molecule has 0 aromatic carbocycles. The number of hydrogen-bond acceptors (Lipinski definition) is 5. The van der Waals surface area contributed by atoms with Gasteiger partial charge in [-0.25, -0.2) is 5.43 Å². The van der Waals surface area contributed by atoms with Gasteiger partial charge in [0.15, 0.2) is 0 Å². The smallest absolute Gasteiger partial charge is 0.243 e. The maximum Gasteiger partial charge on any atom is 0.283 e. The van der Waals surface area contributed by atoms with Crippen molar-refractivity contribution in [2.45, 2.75) is 40.0 Å². The molecular formula is C11H18N6. The topological polar surface area (TPSA) is 78.9 Å². The second-order valence-corrected chi connectivity index (χ2v) is 5.90. The van der Waals surface area contributed by atoms with Gasteiger partial charge in [0.2, 0.25) is 0 Å². The number of nitrogens with zero attached hydrogens (tertiary/aromatic N) is 4. The summed E-state index contributed by atoms with van der Waals surface area (Å²) in [4.78, 5) is 0. The lowest BCUT2D eigenvalue weighted by atomic mass is 9.70. The zero-order chi connectivity index (χ0) is 12.1. The molecule has 2 aliphatic rings. The first kappa shape index (κ1) is 10.7. The zero-order valence-electron chi connectivity index (χ0n) is 10.5. The standard InChI is InChI=1S/C11H18N6/c1-10(2)7-4-5-11(10,3)8(6-7)12-13-9-14-16-17-15-9/h7H,4-6H2,1-3H3,(H2,13,14,15,16,17)/b12-8+/t7-,11-/m1/s1. The van der Waals surface area contributed by atoms with Crippen molar-refractivity contribution < 1.29 is 0 Å². The van der Waals surface area contributed by atoms with Gasteiger partial charge in [-0.05, 0) is 35.8 Å². The molecule has 1 heterocycles. The number of aromatic amines is 1. The van der Waals surface area contributed by atoms with Crippen LogP contribution in [0, 0.1) is 16.7 Å². The van der Waals surface area contributed by atoms with Crippen molar-refractivity contribution >= 4 is 11.7 Å². The van der Waals surface area contributed by atoms with E-state index in [0.29, 0.717) is 11.4 Å². The number of anilines is 1. The summed E-state index contributed by atoms with van der Waals surface area (Å²) in [6, 6.07) is 0. The summed E-state index contributed by atoms with van der Waals surface area (Å²) in [5.74, 6) is 1.19. The van der Waals surface area contributed by atoms with Crippen molar-refractivity contribution in [3.8, 4) is 0 Å². The molecule has 0 radical (unpaired) electrons. The van der Waals surface area contributed by atoms with E-state index in [-0.39, 0.29) is 5.41 Å². The quantitative estimate of drug-likeness (QED) is 0.765. The number of tetrazole rings is 1. The molecular weight excluding hydrogens is 216 g/mol. The van der Waals surface area contributed by atoms with Crippen molar-refractivity contribution in [1.29, 1.82) is 0 Å². The van der Waals surface area contributed by atoms with Crippen LogP contribution in [0.1, 0.15) is 40.0 Å². The third-order valence-corrected chi connectivity index (χ3v) is 5.15. The molecule has 92 valence electrons. The molecule has 1 aromatic heterocycles. The van der Waals surface area contributed by atoms with E-state index in [9.17, 15) is 0 Å². The fraction of sp³-hybridized carbons (Fsp3) is 0.818. The molecule has 2 N–H and O–H groups in total. The fourth-order valence-electron chi connectivity index (χ4n) is 3.42. The van der Waals surface area contributed by atoms with Gasteiger partial charge in [-0.2, -0.15) is 10.3 Å². The molecule has 3 rings (SSSR count). The van der Waals surface area contributed by atoms with Crippen molar-refractivity contribution in [2.75, 3.05) is 5.43 Å². The lowest BCUT2D eigenvalue weighted by molar-refractivity contribution is 0.194. The molecule has 0 saturated heterocycles. The molecule has 2 bridgehead atoms. The minimum absolute atomic E-state index is 0.217. The van der Waals surface area contributed by atoms with Gasteiger partial charge < -0.3 is 0 Å². The minimum atomic E-state index is 0.217. The monoisotopic (exact) mass is 234 g/mol. The van der Waals surface area contributed by atoms with E-state index in [4.69, 9.17) is 0 Å². The lowest BCUT2D eigenvalue weighted by Crippen LogP contribution is -2.32. The molecule has 17 heavy (non-hydrogen) atoms. The average Bonchev–Trinajstić information content (AvgIpc) is 2.91. The van der Waals surface area contributed by atoms with E-state index in [2.05, 4.69) is 51.9 Å². The number of aromatic nitrogens is 4. The van der Waals surface area contributed by atoms with Crippen LogP contribution in [-0.2, 0) is 0 Å². The van der Waals surface area contributed by atoms with Gasteiger partial charge in [0, 0.05) is 11.1 Å². The molecule has 2 aliphatic carbocycles. The Morgan fingerprint density at radius 3 is 2.76 bits per heavy atom. The first-order valence-electron chi connectivity index (χ1n) is 6.10. The van der Waals surface area contributed by atoms with Gasteiger partial charge in [-0.15, -0.1) is 5.10 Å². The maximum atomic E-state index is 4.50. The van der Waals surface area contributed by atoms with Gasteiger partial charge in [0.1, 0.15) is 0 Å². The highest BCUT2D eigenvalue weighted by molar-refractivity contribution is 5.94. The highest BCUT2D eigenvalue weighted by Crippen LogP contribution is 2.63. The van der Waals surface area contributed by atoms with Crippen molar-refractivity contribution in [3.05, 3.63) is 0 Å². The molecule has 0 spiro atoms. The van der Waals surface area contributed by atoms with Crippen LogP contribution < -0.4 is 5.43 Å². The zero-order valence-corrected chi connectivity index (χ0v) is 10.5. The third kappa shape index (κ3) is 1.33. The lowest BCUT2D eigenvalue weighted by Gasteiger charge is -2.34. The number of rotatable bonds is 2. The Kier molecular flexibility index (Phi) is 2.06. The highest BCUT2D eigenvalue weighted by Gasteiger charge is 2.59. The molecule has 0 aliphatic heterocycles. The maximum absolute atomic E-state index is 4.50. The Morgan fingerprint density at radius 2 is 2.24 bits per heavy atom. The van der Waals surface area contributed by atoms with Crippen LogP contribution >= 0.6 is 0 Å². The van der Waals surface area contributed by atoms with E-state index in [0.717, 1.165) is 12.3 Å². The van der Waals surface area contributed by atoms with Crippen LogP contribution in [0.5, 0.6) is 0 Å². The van der Waals surface area contributed by atoms with Crippen molar-refractivity contribution in [1.82, 2.24) is 20.6 Å². The van der Waals surface area contributed by atoms with E-state index in [1.165, 1.54) is 18.6 Å². The van der Waals surface area contributed by atoms with Gasteiger partial charge in [0.05, 0.1) is 0 Å². The molecule has 0 amide bonds. The Bertz CT molecular complexity index is 449. The first-order valence-corrected chi connectivity index (χ1v) is 6.10. The minimum Gasteiger partial charge on any atom is -0.243 e. The van der Waals surface area contributed by atoms with E-state index < -0.39 is 0 Å². The summed E-state index contributed by atoms with van der Waals surface area (Å²) in [6.07, 6.45) is 3.65. The second kappa shape index (κ2) is 3.27. The predicted octanol–water partition coefficient (Wildman–Crippen LogP) is 1.81. The summed E-state index contributed by atoms with van der Waals surface area (Å²) in [6.45, 7) is 7.06.